The molecule has 27 heavy (non-hydrogen) atoms. The average molecular weight is 386 g/mol. The fraction of sp³-hybridized carbons (Fsp3) is 0.318. The first-order valence-corrected chi connectivity index (χ1v) is 9.67. The van der Waals surface area contributed by atoms with Gasteiger partial charge in [0, 0.05) is 40.5 Å². The van der Waals surface area contributed by atoms with Crippen LogP contribution in [-0.2, 0) is 17.8 Å². The largest absolute Gasteiger partial charge is 0.481 e. The molecule has 1 N–H and O–H groups in total. The Kier molecular flexibility index (Phi) is 4.92. The van der Waals surface area contributed by atoms with Gasteiger partial charge in [0.05, 0.1) is 0 Å². The zero-order valence-electron chi connectivity index (χ0n) is 14.9. The molecule has 0 aliphatic heterocycles. The zero-order valence-corrected chi connectivity index (χ0v) is 15.7. The van der Waals surface area contributed by atoms with Crippen molar-refractivity contribution < 1.29 is 14.3 Å². The van der Waals surface area contributed by atoms with E-state index < -0.39 is 5.97 Å². The van der Waals surface area contributed by atoms with Crippen molar-refractivity contribution in [3.63, 3.8) is 0 Å². The van der Waals surface area contributed by atoms with Crippen LogP contribution in [-0.4, -0.2) is 15.6 Å². The van der Waals surface area contributed by atoms with Crippen molar-refractivity contribution in [1.29, 1.82) is 0 Å². The minimum Gasteiger partial charge on any atom is -0.481 e. The highest BCUT2D eigenvalue weighted by Crippen LogP contribution is 2.41. The molecule has 0 amide bonds. The third kappa shape index (κ3) is 3.59. The molecular weight excluding hydrogens is 365 g/mol. The summed E-state index contributed by atoms with van der Waals surface area (Å²) in [6.07, 6.45) is 3.66. The van der Waals surface area contributed by atoms with Gasteiger partial charge in [-0.1, -0.05) is 23.7 Å². The van der Waals surface area contributed by atoms with E-state index in [4.69, 9.17) is 16.7 Å². The zero-order chi connectivity index (χ0) is 19.0. The summed E-state index contributed by atoms with van der Waals surface area (Å²) in [6.45, 7) is 0.665. The molecule has 3 nitrogen and oxygen atoms in total. The number of benzene rings is 2. The molecule has 5 heteroatoms. The number of aliphatic carboxylic acids is 1. The monoisotopic (exact) mass is 385 g/mol. The van der Waals surface area contributed by atoms with Gasteiger partial charge < -0.3 is 9.67 Å². The van der Waals surface area contributed by atoms with E-state index in [-0.39, 0.29) is 18.2 Å². The molecule has 2 aromatic carbocycles. The molecule has 1 unspecified atom stereocenters. The van der Waals surface area contributed by atoms with Crippen molar-refractivity contribution in [2.75, 3.05) is 0 Å². The summed E-state index contributed by atoms with van der Waals surface area (Å²) < 4.78 is 16.2. The third-order valence-electron chi connectivity index (χ3n) is 5.50. The quantitative estimate of drug-likeness (QED) is 0.606. The maximum atomic E-state index is 13.9. The molecule has 0 bridgehead atoms. The van der Waals surface area contributed by atoms with E-state index >= 15 is 0 Å². The van der Waals surface area contributed by atoms with Gasteiger partial charge in [-0.25, -0.2) is 4.39 Å². The summed E-state index contributed by atoms with van der Waals surface area (Å²) in [4.78, 5) is 11.1. The molecule has 3 aromatic rings. The standard InChI is InChI=1S/C22H21ClFNO2/c23-16-7-4-14(5-8-16)13-25-20-10-9-17(24)12-19(20)18-3-1-2-15(22(18)25)6-11-21(26)27/h4-5,7-10,12,15H,1-3,6,11,13H2,(H,26,27). The molecule has 0 fully saturated rings. The number of aryl methyl sites for hydroxylation is 1. The second-order valence-corrected chi connectivity index (χ2v) is 7.70. The van der Waals surface area contributed by atoms with E-state index in [0.29, 0.717) is 18.0 Å². The van der Waals surface area contributed by atoms with E-state index in [1.807, 2.05) is 30.3 Å². The first-order chi connectivity index (χ1) is 13.0. The van der Waals surface area contributed by atoms with E-state index in [1.165, 1.54) is 17.3 Å². The van der Waals surface area contributed by atoms with Gasteiger partial charge in [0.25, 0.3) is 0 Å². The fourth-order valence-corrected chi connectivity index (χ4v) is 4.45. The molecule has 1 aliphatic carbocycles. The number of nitrogens with zero attached hydrogens (tertiary/aromatic N) is 1. The van der Waals surface area contributed by atoms with Crippen molar-refractivity contribution in [2.45, 2.75) is 44.6 Å². The molecule has 0 radical (unpaired) electrons. The van der Waals surface area contributed by atoms with Crippen LogP contribution in [0.1, 0.15) is 48.4 Å². The molecule has 0 saturated carbocycles. The first-order valence-electron chi connectivity index (χ1n) is 9.29. The third-order valence-corrected chi connectivity index (χ3v) is 5.75. The van der Waals surface area contributed by atoms with Crippen LogP contribution in [0.5, 0.6) is 0 Å². The molecule has 1 aliphatic rings. The predicted octanol–water partition coefficient (Wildman–Crippen LogP) is 5.77. The number of halogens is 2. The maximum Gasteiger partial charge on any atom is 0.303 e. The second kappa shape index (κ2) is 7.35. The molecule has 140 valence electrons. The number of aromatic nitrogens is 1. The van der Waals surface area contributed by atoms with Gasteiger partial charge in [-0.05, 0) is 67.1 Å². The van der Waals surface area contributed by atoms with Crippen molar-refractivity contribution in [1.82, 2.24) is 4.57 Å². The summed E-state index contributed by atoms with van der Waals surface area (Å²) in [7, 11) is 0. The fourth-order valence-electron chi connectivity index (χ4n) is 4.33. The van der Waals surface area contributed by atoms with Crippen LogP contribution < -0.4 is 0 Å². The number of hydrogen-bond acceptors (Lipinski definition) is 1. The smallest absolute Gasteiger partial charge is 0.303 e. The molecular formula is C22H21ClFNO2. The Hall–Kier alpha value is -2.33. The van der Waals surface area contributed by atoms with Crippen LogP contribution in [0, 0.1) is 5.82 Å². The number of carboxylic acid groups (broad SMARTS) is 1. The van der Waals surface area contributed by atoms with Crippen molar-refractivity contribution >= 4 is 28.5 Å². The van der Waals surface area contributed by atoms with Crippen molar-refractivity contribution in [2.24, 2.45) is 0 Å². The summed E-state index contributed by atoms with van der Waals surface area (Å²) in [5.41, 5.74) is 4.49. The van der Waals surface area contributed by atoms with Crippen LogP contribution in [0.2, 0.25) is 5.02 Å². The van der Waals surface area contributed by atoms with Gasteiger partial charge in [0.1, 0.15) is 5.82 Å². The Balaban J connectivity index is 1.83. The van der Waals surface area contributed by atoms with E-state index in [2.05, 4.69) is 4.57 Å². The number of carbonyl (C=O) groups is 1. The lowest BCUT2D eigenvalue weighted by Gasteiger charge is -2.25. The lowest BCUT2D eigenvalue weighted by atomic mass is 9.84. The summed E-state index contributed by atoms with van der Waals surface area (Å²) in [5, 5.41) is 10.8. The summed E-state index contributed by atoms with van der Waals surface area (Å²) in [5.74, 6) is -0.817. The Morgan fingerprint density at radius 1 is 1.22 bits per heavy atom. The van der Waals surface area contributed by atoms with Crippen LogP contribution in [0.25, 0.3) is 10.9 Å². The molecule has 0 saturated heterocycles. The molecule has 4 rings (SSSR count). The first kappa shape index (κ1) is 18.1. The van der Waals surface area contributed by atoms with E-state index in [9.17, 15) is 9.18 Å². The predicted molar refractivity (Wildman–Crippen MR) is 105 cm³/mol. The Bertz CT molecular complexity index is 994. The minimum atomic E-state index is -0.770. The molecule has 0 spiro atoms. The molecule has 1 heterocycles. The van der Waals surface area contributed by atoms with Gasteiger partial charge in [-0.3, -0.25) is 4.79 Å². The van der Waals surface area contributed by atoms with Crippen molar-refractivity contribution in [3.05, 3.63) is 70.1 Å². The minimum absolute atomic E-state index is 0.154. The van der Waals surface area contributed by atoms with Crippen LogP contribution >= 0.6 is 11.6 Å². The topological polar surface area (TPSA) is 42.2 Å². The number of hydrogen-bond donors (Lipinski definition) is 1. The van der Waals surface area contributed by atoms with Gasteiger partial charge in [0.15, 0.2) is 0 Å². The average Bonchev–Trinajstić information content (AvgIpc) is 2.95. The molecule has 1 atom stereocenters. The van der Waals surface area contributed by atoms with E-state index in [1.54, 1.807) is 6.07 Å². The highest BCUT2D eigenvalue weighted by Gasteiger charge is 2.28. The normalized spacial score (nSPS) is 16.4. The van der Waals surface area contributed by atoms with Crippen molar-refractivity contribution in [3.8, 4) is 0 Å². The Morgan fingerprint density at radius 2 is 2.00 bits per heavy atom. The number of fused-ring (bicyclic) bond motifs is 3. The van der Waals surface area contributed by atoms with Gasteiger partial charge in [-0.15, -0.1) is 0 Å². The van der Waals surface area contributed by atoms with E-state index in [0.717, 1.165) is 35.7 Å². The lowest BCUT2D eigenvalue weighted by Crippen LogP contribution is -2.16. The van der Waals surface area contributed by atoms with Crippen LogP contribution in [0.4, 0.5) is 4.39 Å². The number of rotatable bonds is 5. The van der Waals surface area contributed by atoms with Gasteiger partial charge in [-0.2, -0.15) is 0 Å². The SMILES string of the molecule is O=C(O)CCC1CCCc2c1n(Cc1ccc(Cl)cc1)c1ccc(F)cc21. The lowest BCUT2D eigenvalue weighted by molar-refractivity contribution is -0.137. The Morgan fingerprint density at radius 3 is 2.74 bits per heavy atom. The van der Waals surface area contributed by atoms with Crippen LogP contribution in [0.3, 0.4) is 0 Å². The Labute approximate surface area is 162 Å². The second-order valence-electron chi connectivity index (χ2n) is 7.26. The highest BCUT2D eigenvalue weighted by molar-refractivity contribution is 6.30. The highest BCUT2D eigenvalue weighted by atomic mass is 35.5. The van der Waals surface area contributed by atoms with Crippen LogP contribution in [0.15, 0.2) is 42.5 Å². The summed E-state index contributed by atoms with van der Waals surface area (Å²) >= 11 is 6.01. The molecule has 1 aromatic heterocycles. The number of carboxylic acids is 1. The maximum absolute atomic E-state index is 13.9. The summed E-state index contributed by atoms with van der Waals surface area (Å²) in [6, 6.07) is 12.7. The van der Waals surface area contributed by atoms with Gasteiger partial charge in [0.2, 0.25) is 0 Å². The van der Waals surface area contributed by atoms with Gasteiger partial charge >= 0.3 is 5.97 Å².